The molecule has 216 valence electrons. The fourth-order valence-corrected chi connectivity index (χ4v) is 6.93. The normalized spacial score (nSPS) is 28.2. The molecule has 1 aromatic rings. The maximum Gasteiger partial charge on any atom is 0.255 e. The molecule has 1 aromatic carbocycles. The van der Waals surface area contributed by atoms with Gasteiger partial charge in [0.2, 0.25) is 5.78 Å². The molecule has 0 aliphatic heterocycles. The van der Waals surface area contributed by atoms with Crippen LogP contribution in [0.1, 0.15) is 54.1 Å². The van der Waals surface area contributed by atoms with E-state index in [1.165, 1.54) is 11.0 Å². The molecule has 1 saturated carbocycles. The van der Waals surface area contributed by atoms with Crippen molar-refractivity contribution in [3.05, 3.63) is 51.2 Å². The molecule has 5 rings (SSSR count). The van der Waals surface area contributed by atoms with Gasteiger partial charge in [0, 0.05) is 35.7 Å². The summed E-state index contributed by atoms with van der Waals surface area (Å²) >= 11 is 0. The molecule has 4 atom stereocenters. The van der Waals surface area contributed by atoms with Gasteiger partial charge in [-0.05, 0) is 70.6 Å². The summed E-state index contributed by atoms with van der Waals surface area (Å²) in [6.45, 7) is 3.91. The van der Waals surface area contributed by atoms with Crippen molar-refractivity contribution in [1.29, 1.82) is 0 Å². The van der Waals surface area contributed by atoms with Crippen molar-refractivity contribution in [2.45, 2.75) is 57.2 Å². The van der Waals surface area contributed by atoms with Gasteiger partial charge in [-0.25, -0.2) is 4.39 Å². The lowest BCUT2D eigenvalue weighted by Gasteiger charge is -2.50. The second-order valence-electron chi connectivity index (χ2n) is 11.9. The fraction of sp³-hybridized carbons (Fsp3) is 0.552. The number of carbonyl (C=O) groups is 3. The van der Waals surface area contributed by atoms with E-state index in [-0.39, 0.29) is 41.6 Å². The zero-order valence-corrected chi connectivity index (χ0v) is 22.9. The highest BCUT2D eigenvalue weighted by atomic mass is 19.1. The Labute approximate surface area is 231 Å². The number of hydrogen-bond acceptors (Lipinski definition) is 9. The maximum atomic E-state index is 16.0. The summed E-state index contributed by atoms with van der Waals surface area (Å²) in [5.74, 6) is -7.51. The number of hydrogen-bond donors (Lipinski definition) is 5. The number of rotatable bonds is 8. The molecule has 1 fully saturated rings. The predicted octanol–water partition coefficient (Wildman–Crippen LogP) is 1.88. The highest BCUT2D eigenvalue weighted by molar-refractivity contribution is 6.24. The van der Waals surface area contributed by atoms with Crippen molar-refractivity contribution >= 4 is 17.5 Å². The minimum absolute atomic E-state index is 0.0241. The Kier molecular flexibility index (Phi) is 7.04. The van der Waals surface area contributed by atoms with E-state index < -0.39 is 69.6 Å². The zero-order valence-electron chi connectivity index (χ0n) is 22.9. The molecule has 1 amide bonds. The molecule has 40 heavy (non-hydrogen) atoms. The number of phenols is 1. The number of aromatic hydroxyl groups is 1. The SMILES string of the molecule is CCCN(Cc1cc(O)c2c(c1F)C[C@H]1C[C@H]3[C@H](N(C)C)C(O)=C(C(N)=O)C(=O)[C@@]3(O)C(O)=C1C2=O)CC1CC1. The van der Waals surface area contributed by atoms with Crippen LogP contribution in [0.5, 0.6) is 5.75 Å². The highest BCUT2D eigenvalue weighted by Gasteiger charge is 2.63. The Bertz CT molecular complexity index is 1370. The van der Waals surface area contributed by atoms with Crippen LogP contribution in [0.3, 0.4) is 0 Å². The van der Waals surface area contributed by atoms with E-state index in [1.807, 2.05) is 6.92 Å². The van der Waals surface area contributed by atoms with Crippen molar-refractivity contribution in [3.63, 3.8) is 0 Å². The summed E-state index contributed by atoms with van der Waals surface area (Å²) in [6, 6.07) is 0.139. The number of benzene rings is 1. The second-order valence-corrected chi connectivity index (χ2v) is 11.9. The third-order valence-electron chi connectivity index (χ3n) is 8.88. The van der Waals surface area contributed by atoms with Crippen LogP contribution in [-0.4, -0.2) is 86.5 Å². The molecule has 0 radical (unpaired) electrons. The van der Waals surface area contributed by atoms with Crippen LogP contribution >= 0.6 is 0 Å². The Morgan fingerprint density at radius 3 is 2.45 bits per heavy atom. The molecule has 0 aromatic heterocycles. The number of Topliss-reactive ketones (excluding diaryl/α,β-unsaturated/α-hetero) is 2. The summed E-state index contributed by atoms with van der Waals surface area (Å²) in [4.78, 5) is 42.7. The molecule has 10 nitrogen and oxygen atoms in total. The molecular weight excluding hydrogens is 521 g/mol. The first-order chi connectivity index (χ1) is 18.8. The number of amides is 1. The van der Waals surface area contributed by atoms with Gasteiger partial charge in [-0.15, -0.1) is 0 Å². The van der Waals surface area contributed by atoms with Gasteiger partial charge in [-0.1, -0.05) is 6.92 Å². The number of nitrogens with two attached hydrogens (primary N) is 1. The molecule has 4 aliphatic rings. The van der Waals surface area contributed by atoms with E-state index in [2.05, 4.69) is 4.90 Å². The van der Waals surface area contributed by atoms with E-state index in [4.69, 9.17) is 5.73 Å². The first-order valence-corrected chi connectivity index (χ1v) is 13.7. The third-order valence-corrected chi connectivity index (χ3v) is 8.88. The number of fused-ring (bicyclic) bond motifs is 3. The van der Waals surface area contributed by atoms with Gasteiger partial charge in [0.1, 0.15) is 28.7 Å². The number of halogens is 1. The van der Waals surface area contributed by atoms with Crippen LogP contribution in [-0.2, 0) is 22.6 Å². The number of allylic oxidation sites excluding steroid dienone is 1. The fourth-order valence-electron chi connectivity index (χ4n) is 6.93. The van der Waals surface area contributed by atoms with Gasteiger partial charge in [0.15, 0.2) is 11.4 Å². The van der Waals surface area contributed by atoms with E-state index in [0.717, 1.165) is 32.4 Å². The monoisotopic (exact) mass is 557 g/mol. The summed E-state index contributed by atoms with van der Waals surface area (Å²) in [6.07, 6.45) is 3.01. The van der Waals surface area contributed by atoms with Crippen LogP contribution in [0, 0.1) is 23.6 Å². The van der Waals surface area contributed by atoms with Gasteiger partial charge in [-0.2, -0.15) is 0 Å². The highest BCUT2D eigenvalue weighted by Crippen LogP contribution is 2.52. The number of likely N-dealkylation sites (N-methyl/N-ethyl adjacent to an activating group) is 1. The minimum Gasteiger partial charge on any atom is -0.510 e. The third kappa shape index (κ3) is 4.22. The zero-order chi connectivity index (χ0) is 29.3. The van der Waals surface area contributed by atoms with Crippen molar-refractivity contribution < 1.29 is 39.2 Å². The van der Waals surface area contributed by atoms with E-state index in [1.54, 1.807) is 14.1 Å². The van der Waals surface area contributed by atoms with Crippen molar-refractivity contribution in [1.82, 2.24) is 9.80 Å². The largest absolute Gasteiger partial charge is 0.510 e. The van der Waals surface area contributed by atoms with Crippen molar-refractivity contribution in [3.8, 4) is 5.75 Å². The molecule has 0 unspecified atom stereocenters. The van der Waals surface area contributed by atoms with Crippen LogP contribution < -0.4 is 5.73 Å². The van der Waals surface area contributed by atoms with Gasteiger partial charge in [-0.3, -0.25) is 24.2 Å². The number of carbonyl (C=O) groups excluding carboxylic acids is 3. The Hall–Kier alpha value is -3.28. The standard InChI is InChI=1S/C29H36FN3O7/c1-4-7-33(11-13-5-6-13)12-15-10-18(34)20-16(22(15)30)8-14-9-17-23(32(2)3)25(36)21(28(31)39)27(38)29(17,40)26(37)19(14)24(20)35/h10,13-14,17,23,34,36-37,40H,4-9,11-12H2,1-3H3,(H2,31,39)/t14-,17-,23-,29-/m0/s1. The molecule has 0 spiro atoms. The number of primary amides is 1. The first kappa shape index (κ1) is 28.3. The van der Waals surface area contributed by atoms with Crippen molar-refractivity contribution in [2.75, 3.05) is 27.2 Å². The molecule has 6 N–H and O–H groups in total. The smallest absolute Gasteiger partial charge is 0.255 e. The Morgan fingerprint density at radius 2 is 1.88 bits per heavy atom. The van der Waals surface area contributed by atoms with E-state index >= 15 is 4.39 Å². The van der Waals surface area contributed by atoms with Gasteiger partial charge in [0.25, 0.3) is 5.91 Å². The molecule has 0 saturated heterocycles. The van der Waals surface area contributed by atoms with Gasteiger partial charge in [0.05, 0.1) is 11.6 Å². The number of ketones is 2. The molecule has 4 aliphatic carbocycles. The molecule has 0 heterocycles. The topological polar surface area (TPSA) is 165 Å². The Balaban J connectivity index is 1.59. The maximum absolute atomic E-state index is 16.0. The quantitative estimate of drug-likeness (QED) is 0.300. The number of aliphatic hydroxyl groups excluding tert-OH is 2. The second kappa shape index (κ2) is 9.97. The lowest BCUT2D eigenvalue weighted by molar-refractivity contribution is -0.148. The van der Waals surface area contributed by atoms with Crippen LogP contribution in [0.2, 0.25) is 0 Å². The van der Waals surface area contributed by atoms with Crippen molar-refractivity contribution in [2.24, 2.45) is 23.5 Å². The summed E-state index contributed by atoms with van der Waals surface area (Å²) in [7, 11) is 3.11. The lowest BCUT2D eigenvalue weighted by Crippen LogP contribution is -2.63. The average molecular weight is 558 g/mol. The summed E-state index contributed by atoms with van der Waals surface area (Å²) < 4.78 is 16.0. The van der Waals surface area contributed by atoms with Crippen LogP contribution in [0.25, 0.3) is 0 Å². The van der Waals surface area contributed by atoms with Gasteiger partial charge >= 0.3 is 0 Å². The lowest BCUT2D eigenvalue weighted by atomic mass is 9.58. The Morgan fingerprint density at radius 1 is 1.20 bits per heavy atom. The van der Waals surface area contributed by atoms with Gasteiger partial charge < -0.3 is 26.2 Å². The number of nitrogens with zero attached hydrogens (tertiary/aromatic N) is 2. The number of phenolic OH excluding ortho intramolecular Hbond substituents is 1. The molecule has 0 bridgehead atoms. The average Bonchev–Trinajstić information content (AvgIpc) is 3.68. The molecular formula is C29H36FN3O7. The molecule has 11 heteroatoms. The minimum atomic E-state index is -2.72. The predicted molar refractivity (Wildman–Crippen MR) is 142 cm³/mol. The number of aliphatic hydroxyl groups is 3. The van der Waals surface area contributed by atoms with E-state index in [9.17, 15) is 34.8 Å². The van der Waals surface area contributed by atoms with Crippen LogP contribution in [0.4, 0.5) is 4.39 Å². The van der Waals surface area contributed by atoms with E-state index in [0.29, 0.717) is 5.92 Å². The first-order valence-electron chi connectivity index (χ1n) is 13.7. The van der Waals surface area contributed by atoms with Crippen LogP contribution in [0.15, 0.2) is 28.7 Å². The summed E-state index contributed by atoms with van der Waals surface area (Å²) in [5, 5.41) is 44.7. The summed E-state index contributed by atoms with van der Waals surface area (Å²) in [5.41, 5.74) is 1.44.